The zero-order valence-electron chi connectivity index (χ0n) is 8.74. The van der Waals surface area contributed by atoms with E-state index in [4.69, 9.17) is 0 Å². The van der Waals surface area contributed by atoms with Gasteiger partial charge in [0.25, 0.3) is 0 Å². The summed E-state index contributed by atoms with van der Waals surface area (Å²) >= 11 is 0. The monoisotopic (exact) mass is 214 g/mol. The van der Waals surface area contributed by atoms with Gasteiger partial charge in [-0.05, 0) is 6.07 Å². The van der Waals surface area contributed by atoms with Crippen LogP contribution in [0.4, 0.5) is 0 Å². The van der Waals surface area contributed by atoms with Crippen molar-refractivity contribution in [3.63, 3.8) is 0 Å². The smallest absolute Gasteiger partial charge is 0.217 e. The summed E-state index contributed by atoms with van der Waals surface area (Å²) in [7, 11) is 0. The normalized spacial score (nSPS) is 9.56. The van der Waals surface area contributed by atoms with Crippen LogP contribution in [0.1, 0.15) is 12.5 Å². The van der Waals surface area contributed by atoms with Gasteiger partial charge in [-0.15, -0.1) is 0 Å². The summed E-state index contributed by atoms with van der Waals surface area (Å²) in [6, 6.07) is 1.87. The van der Waals surface area contributed by atoms with E-state index in [9.17, 15) is 4.79 Å². The van der Waals surface area contributed by atoms with Crippen molar-refractivity contribution in [1.82, 2.24) is 20.3 Å². The summed E-state index contributed by atoms with van der Waals surface area (Å²) in [6.07, 6.45) is 3.25. The van der Waals surface area contributed by atoms with Crippen LogP contribution in [0.2, 0.25) is 0 Å². The van der Waals surface area contributed by atoms with Crippen LogP contribution in [-0.2, 0) is 4.79 Å². The maximum absolute atomic E-state index is 10.6. The molecule has 0 aliphatic carbocycles. The summed E-state index contributed by atoms with van der Waals surface area (Å²) in [6.45, 7) is 1.80. The average Bonchev–Trinajstić information content (AvgIpc) is 2.71. The number of nitrogens with zero attached hydrogens (tertiary/aromatic N) is 2. The summed E-state index contributed by atoms with van der Waals surface area (Å²) in [5, 5.41) is 2.59. The molecule has 0 bridgehead atoms. The molecular weight excluding hydrogens is 204 g/mol. The van der Waals surface area contributed by atoms with Crippen LogP contribution in [0.5, 0.6) is 0 Å². The van der Waals surface area contributed by atoms with Crippen molar-refractivity contribution in [2.45, 2.75) is 6.92 Å². The Morgan fingerprint density at radius 2 is 2.44 bits per heavy atom. The molecule has 0 saturated heterocycles. The Labute approximate surface area is 92.3 Å². The Bertz CT molecular complexity index is 576. The molecule has 0 unspecified atom stereocenters. The molecular formula is C11H10N4O. The zero-order chi connectivity index (χ0) is 11.4. The minimum absolute atomic E-state index is 0.0866. The number of pyridine rings is 1. The third kappa shape index (κ3) is 2.36. The number of aromatic amines is 1. The number of fused-ring (bicyclic) bond motifs is 1. The second-order valence-corrected chi connectivity index (χ2v) is 3.21. The number of imidazole rings is 1. The first-order valence-corrected chi connectivity index (χ1v) is 4.78. The van der Waals surface area contributed by atoms with Crippen molar-refractivity contribution in [2.75, 3.05) is 6.54 Å². The Morgan fingerprint density at radius 1 is 1.56 bits per heavy atom. The Hall–Kier alpha value is -2.35. The standard InChI is InChI=1S/C11H10N4O/c1-8(16)12-4-2-3-9-5-10-11(13-6-9)15-7-14-10/h5-7H,4H2,1H3,(H,12,16)(H,13,14,15). The first kappa shape index (κ1) is 10.2. The van der Waals surface area contributed by atoms with Crippen molar-refractivity contribution >= 4 is 17.1 Å². The number of rotatable bonds is 1. The summed E-state index contributed by atoms with van der Waals surface area (Å²) in [4.78, 5) is 21.7. The lowest BCUT2D eigenvalue weighted by Crippen LogP contribution is -2.19. The van der Waals surface area contributed by atoms with Crippen molar-refractivity contribution in [2.24, 2.45) is 0 Å². The van der Waals surface area contributed by atoms with Gasteiger partial charge in [0.15, 0.2) is 5.65 Å². The van der Waals surface area contributed by atoms with Gasteiger partial charge in [0.1, 0.15) is 0 Å². The van der Waals surface area contributed by atoms with Gasteiger partial charge in [-0.3, -0.25) is 4.79 Å². The molecule has 1 amide bonds. The van der Waals surface area contributed by atoms with Crippen molar-refractivity contribution in [3.05, 3.63) is 24.2 Å². The van der Waals surface area contributed by atoms with Crippen LogP contribution < -0.4 is 5.32 Å². The molecule has 2 aromatic heterocycles. The first-order valence-electron chi connectivity index (χ1n) is 4.78. The summed E-state index contributed by atoms with van der Waals surface area (Å²) in [5.41, 5.74) is 2.32. The Morgan fingerprint density at radius 3 is 3.25 bits per heavy atom. The van der Waals surface area contributed by atoms with Gasteiger partial charge in [-0.25, -0.2) is 9.97 Å². The number of hydrogen-bond donors (Lipinski definition) is 2. The fourth-order valence-electron chi connectivity index (χ4n) is 1.21. The van der Waals surface area contributed by atoms with E-state index in [-0.39, 0.29) is 5.91 Å². The van der Waals surface area contributed by atoms with Gasteiger partial charge >= 0.3 is 0 Å². The molecule has 0 fully saturated rings. The third-order valence-corrected chi connectivity index (χ3v) is 1.93. The molecule has 80 valence electrons. The van der Waals surface area contributed by atoms with Crippen molar-refractivity contribution < 1.29 is 4.79 Å². The fraction of sp³-hybridized carbons (Fsp3) is 0.182. The number of carbonyl (C=O) groups is 1. The van der Waals surface area contributed by atoms with E-state index >= 15 is 0 Å². The summed E-state index contributed by atoms with van der Waals surface area (Å²) in [5.74, 6) is 5.65. The van der Waals surface area contributed by atoms with Crippen molar-refractivity contribution in [1.29, 1.82) is 0 Å². The van der Waals surface area contributed by atoms with Crippen molar-refractivity contribution in [3.8, 4) is 11.8 Å². The van der Waals surface area contributed by atoms with Gasteiger partial charge in [0.2, 0.25) is 5.91 Å². The SMILES string of the molecule is CC(=O)NCC#Cc1cnc2nc[nH]c2c1. The first-order chi connectivity index (χ1) is 7.75. The van der Waals surface area contributed by atoms with Gasteiger partial charge in [0, 0.05) is 18.7 Å². The number of nitrogens with one attached hydrogen (secondary N) is 2. The fourth-order valence-corrected chi connectivity index (χ4v) is 1.21. The lowest BCUT2D eigenvalue weighted by Gasteiger charge is -1.92. The maximum atomic E-state index is 10.6. The molecule has 0 spiro atoms. The molecule has 16 heavy (non-hydrogen) atoms. The van der Waals surface area contributed by atoms with E-state index in [1.165, 1.54) is 6.92 Å². The van der Waals surface area contributed by atoms with Crippen LogP contribution in [0.25, 0.3) is 11.2 Å². The molecule has 0 aromatic carbocycles. The Balaban J connectivity index is 2.11. The van der Waals surface area contributed by atoms with Gasteiger partial charge in [-0.1, -0.05) is 11.8 Å². The molecule has 0 radical (unpaired) electrons. The predicted octanol–water partition coefficient (Wildman–Crippen LogP) is 0.446. The van der Waals surface area contributed by atoms with E-state index in [0.717, 1.165) is 11.1 Å². The number of amides is 1. The molecule has 0 aliphatic rings. The molecule has 2 N–H and O–H groups in total. The quantitative estimate of drug-likeness (QED) is 0.677. The van der Waals surface area contributed by atoms with Gasteiger partial charge in [-0.2, -0.15) is 0 Å². The van der Waals surface area contributed by atoms with E-state index in [1.807, 2.05) is 6.07 Å². The van der Waals surface area contributed by atoms with E-state index in [1.54, 1.807) is 12.5 Å². The van der Waals surface area contributed by atoms with Crippen LogP contribution >= 0.6 is 0 Å². The number of carbonyl (C=O) groups excluding carboxylic acids is 1. The second-order valence-electron chi connectivity index (χ2n) is 3.21. The minimum Gasteiger partial charge on any atom is -0.345 e. The topological polar surface area (TPSA) is 70.7 Å². The van der Waals surface area contributed by atoms with Gasteiger partial charge < -0.3 is 10.3 Å². The average molecular weight is 214 g/mol. The second kappa shape index (κ2) is 4.45. The molecule has 5 nitrogen and oxygen atoms in total. The van der Waals surface area contributed by atoms with E-state index in [0.29, 0.717) is 12.2 Å². The summed E-state index contributed by atoms with van der Waals surface area (Å²) < 4.78 is 0. The van der Waals surface area contributed by atoms with Gasteiger partial charge in [0.05, 0.1) is 18.4 Å². The van der Waals surface area contributed by atoms with Crippen LogP contribution in [0.15, 0.2) is 18.6 Å². The molecule has 2 heterocycles. The molecule has 2 aromatic rings. The molecule has 5 heteroatoms. The minimum atomic E-state index is -0.0866. The van der Waals surface area contributed by atoms with Crippen LogP contribution in [0, 0.1) is 11.8 Å². The third-order valence-electron chi connectivity index (χ3n) is 1.93. The van der Waals surface area contributed by atoms with Crippen LogP contribution in [-0.4, -0.2) is 27.4 Å². The van der Waals surface area contributed by atoms with E-state index < -0.39 is 0 Å². The highest BCUT2D eigenvalue weighted by Gasteiger charge is 1.96. The molecule has 2 rings (SSSR count). The number of aromatic nitrogens is 3. The molecule has 0 aliphatic heterocycles. The highest BCUT2D eigenvalue weighted by Crippen LogP contribution is 2.06. The number of H-pyrrole nitrogens is 1. The number of hydrogen-bond acceptors (Lipinski definition) is 3. The maximum Gasteiger partial charge on any atom is 0.217 e. The Kier molecular flexibility index (Phi) is 2.83. The lowest BCUT2D eigenvalue weighted by atomic mass is 10.3. The van der Waals surface area contributed by atoms with Crippen LogP contribution in [0.3, 0.4) is 0 Å². The lowest BCUT2D eigenvalue weighted by molar-refractivity contribution is -0.118. The largest absolute Gasteiger partial charge is 0.345 e. The zero-order valence-corrected chi connectivity index (χ0v) is 8.74. The molecule has 0 saturated carbocycles. The molecule has 0 atom stereocenters. The highest BCUT2D eigenvalue weighted by atomic mass is 16.1. The highest BCUT2D eigenvalue weighted by molar-refractivity contribution is 5.73. The predicted molar refractivity (Wildman–Crippen MR) is 59.5 cm³/mol. The van der Waals surface area contributed by atoms with E-state index in [2.05, 4.69) is 32.1 Å².